The van der Waals surface area contributed by atoms with Crippen LogP contribution in [0.1, 0.15) is 30.9 Å². The van der Waals surface area contributed by atoms with Crippen LogP contribution in [0.15, 0.2) is 47.4 Å². The minimum atomic E-state index is -4.18. The van der Waals surface area contributed by atoms with E-state index in [1.807, 2.05) is 31.2 Å². The number of nitrogens with one attached hydrogen (secondary N) is 1. The molecule has 1 N–H and O–H groups in total. The molecule has 156 valence electrons. The molecule has 2 aromatic carbocycles. The van der Waals surface area contributed by atoms with E-state index in [1.165, 1.54) is 0 Å². The van der Waals surface area contributed by atoms with Crippen molar-refractivity contribution in [2.45, 2.75) is 38.1 Å². The van der Waals surface area contributed by atoms with Gasteiger partial charge in [0.15, 0.2) is 0 Å². The van der Waals surface area contributed by atoms with Gasteiger partial charge >= 0.3 is 0 Å². The van der Waals surface area contributed by atoms with Crippen LogP contribution in [0, 0.1) is 24.0 Å². The van der Waals surface area contributed by atoms with Crippen molar-refractivity contribution in [2.24, 2.45) is 5.41 Å². The van der Waals surface area contributed by atoms with Crippen LogP contribution >= 0.6 is 0 Å². The van der Waals surface area contributed by atoms with E-state index < -0.39 is 32.0 Å². The number of carbonyl (C=O) groups excluding carboxylic acids is 1. The summed E-state index contributed by atoms with van der Waals surface area (Å²) < 4.78 is 54.1. The minimum Gasteiger partial charge on any atom is -0.352 e. The fourth-order valence-corrected chi connectivity index (χ4v) is 5.25. The van der Waals surface area contributed by atoms with Gasteiger partial charge in [-0.1, -0.05) is 24.3 Å². The molecular weight excluding hydrogens is 398 g/mol. The Bertz CT molecular complexity index is 1030. The minimum absolute atomic E-state index is 0.0637. The van der Waals surface area contributed by atoms with Crippen molar-refractivity contribution in [3.05, 3.63) is 65.2 Å². The van der Waals surface area contributed by atoms with Crippen molar-refractivity contribution in [3.8, 4) is 0 Å². The van der Waals surface area contributed by atoms with Gasteiger partial charge in [-0.2, -0.15) is 4.31 Å². The standard InChI is InChI=1S/C21H24F2N2O3S/c1-15-6-3-4-7-16(15)13-24-20(26)21(2)10-5-11-25(14-21)29(27,28)19-9-8-17(22)12-18(19)23/h3-4,6-9,12H,5,10-11,13-14H2,1-2H3,(H,24,26). The molecule has 3 rings (SSSR count). The Balaban J connectivity index is 1.76. The van der Waals surface area contributed by atoms with Gasteiger partial charge in [-0.15, -0.1) is 0 Å². The lowest BCUT2D eigenvalue weighted by molar-refractivity contribution is -0.132. The number of rotatable bonds is 5. The van der Waals surface area contributed by atoms with Gasteiger partial charge in [-0.05, 0) is 49.9 Å². The quantitative estimate of drug-likeness (QED) is 0.803. The number of piperidine rings is 1. The Morgan fingerprint density at radius 2 is 1.93 bits per heavy atom. The lowest BCUT2D eigenvalue weighted by atomic mass is 9.82. The molecule has 1 unspecified atom stereocenters. The summed E-state index contributed by atoms with van der Waals surface area (Å²) in [5, 5.41) is 2.90. The van der Waals surface area contributed by atoms with Gasteiger partial charge in [0.05, 0.1) is 5.41 Å². The van der Waals surface area contributed by atoms with Gasteiger partial charge in [0.2, 0.25) is 15.9 Å². The summed E-state index contributed by atoms with van der Waals surface area (Å²) in [6.45, 7) is 4.13. The van der Waals surface area contributed by atoms with Gasteiger partial charge in [-0.3, -0.25) is 4.79 Å². The highest BCUT2D eigenvalue weighted by molar-refractivity contribution is 7.89. The van der Waals surface area contributed by atoms with Gasteiger partial charge in [-0.25, -0.2) is 17.2 Å². The summed E-state index contributed by atoms with van der Waals surface area (Å²) in [5.41, 5.74) is 1.10. The highest BCUT2D eigenvalue weighted by atomic mass is 32.2. The monoisotopic (exact) mass is 422 g/mol. The molecule has 1 aliphatic heterocycles. The van der Waals surface area contributed by atoms with Crippen molar-refractivity contribution in [3.63, 3.8) is 0 Å². The van der Waals surface area contributed by atoms with E-state index in [4.69, 9.17) is 0 Å². The Morgan fingerprint density at radius 1 is 1.21 bits per heavy atom. The molecule has 2 aromatic rings. The molecule has 1 fully saturated rings. The summed E-state index contributed by atoms with van der Waals surface area (Å²) in [7, 11) is -4.18. The number of sulfonamides is 1. The highest BCUT2D eigenvalue weighted by Gasteiger charge is 2.42. The zero-order chi connectivity index (χ0) is 21.2. The van der Waals surface area contributed by atoms with Gasteiger partial charge in [0.25, 0.3) is 0 Å². The van der Waals surface area contributed by atoms with E-state index in [2.05, 4.69) is 5.32 Å². The van der Waals surface area contributed by atoms with Crippen LogP contribution in [0.5, 0.6) is 0 Å². The fourth-order valence-electron chi connectivity index (χ4n) is 3.60. The van der Waals surface area contributed by atoms with Gasteiger partial charge < -0.3 is 5.32 Å². The molecule has 0 saturated carbocycles. The zero-order valence-electron chi connectivity index (χ0n) is 16.4. The number of nitrogens with zero attached hydrogens (tertiary/aromatic N) is 1. The van der Waals surface area contributed by atoms with Crippen molar-refractivity contribution >= 4 is 15.9 Å². The number of amides is 1. The van der Waals surface area contributed by atoms with Gasteiger partial charge in [0, 0.05) is 25.7 Å². The molecule has 0 aliphatic carbocycles. The first-order valence-corrected chi connectivity index (χ1v) is 10.9. The summed E-state index contributed by atoms with van der Waals surface area (Å²) >= 11 is 0. The third-order valence-electron chi connectivity index (χ3n) is 5.42. The topological polar surface area (TPSA) is 66.5 Å². The number of carbonyl (C=O) groups is 1. The first-order valence-electron chi connectivity index (χ1n) is 9.41. The third-order valence-corrected chi connectivity index (χ3v) is 7.30. The van der Waals surface area contributed by atoms with E-state index in [0.29, 0.717) is 25.5 Å². The Hall–Kier alpha value is -2.32. The maximum atomic E-state index is 14.1. The SMILES string of the molecule is Cc1ccccc1CNC(=O)C1(C)CCCN(S(=O)(=O)c2ccc(F)cc2F)C1. The summed E-state index contributed by atoms with van der Waals surface area (Å²) in [5.74, 6) is -2.23. The Kier molecular flexibility index (Phi) is 6.05. The highest BCUT2D eigenvalue weighted by Crippen LogP contribution is 2.33. The third kappa shape index (κ3) is 4.48. The molecule has 1 aliphatic rings. The molecule has 1 amide bonds. The molecule has 1 heterocycles. The van der Waals surface area contributed by atoms with E-state index in [1.54, 1.807) is 6.92 Å². The second-order valence-electron chi connectivity index (χ2n) is 7.69. The second-order valence-corrected chi connectivity index (χ2v) is 9.59. The molecule has 0 radical (unpaired) electrons. The number of halogens is 2. The lowest BCUT2D eigenvalue weighted by Crippen LogP contribution is -2.51. The molecule has 0 aromatic heterocycles. The normalized spacial score (nSPS) is 20.4. The average molecular weight is 422 g/mol. The molecule has 0 spiro atoms. The molecule has 8 heteroatoms. The van der Waals surface area contributed by atoms with Crippen molar-refractivity contribution in [1.82, 2.24) is 9.62 Å². The van der Waals surface area contributed by atoms with Crippen molar-refractivity contribution in [1.29, 1.82) is 0 Å². The maximum absolute atomic E-state index is 14.1. The summed E-state index contributed by atoms with van der Waals surface area (Å²) in [6.07, 6.45) is 0.987. The number of benzene rings is 2. The zero-order valence-corrected chi connectivity index (χ0v) is 17.2. The molecule has 29 heavy (non-hydrogen) atoms. The van der Waals surface area contributed by atoms with Crippen LogP contribution in [-0.2, 0) is 21.4 Å². The second kappa shape index (κ2) is 8.20. The van der Waals surface area contributed by atoms with Crippen LogP contribution in [0.3, 0.4) is 0 Å². The maximum Gasteiger partial charge on any atom is 0.246 e. The fraction of sp³-hybridized carbons (Fsp3) is 0.381. The van der Waals surface area contributed by atoms with E-state index in [-0.39, 0.29) is 19.0 Å². The van der Waals surface area contributed by atoms with Crippen LogP contribution in [0.25, 0.3) is 0 Å². The van der Waals surface area contributed by atoms with Crippen LogP contribution in [0.4, 0.5) is 8.78 Å². The summed E-state index contributed by atoms with van der Waals surface area (Å²) in [6, 6.07) is 10.1. The van der Waals surface area contributed by atoms with Crippen LogP contribution in [-0.4, -0.2) is 31.7 Å². The van der Waals surface area contributed by atoms with Crippen LogP contribution in [0.2, 0.25) is 0 Å². The predicted molar refractivity (Wildman–Crippen MR) is 105 cm³/mol. The van der Waals surface area contributed by atoms with E-state index >= 15 is 0 Å². The lowest BCUT2D eigenvalue weighted by Gasteiger charge is -2.38. The first-order chi connectivity index (χ1) is 13.6. The summed E-state index contributed by atoms with van der Waals surface area (Å²) in [4.78, 5) is 12.3. The molecular formula is C21H24F2N2O3S. The molecule has 1 saturated heterocycles. The smallest absolute Gasteiger partial charge is 0.246 e. The predicted octanol–water partition coefficient (Wildman–Crippen LogP) is 3.38. The molecule has 0 bridgehead atoms. The van der Waals surface area contributed by atoms with Crippen LogP contribution < -0.4 is 5.32 Å². The van der Waals surface area contributed by atoms with E-state index in [9.17, 15) is 22.0 Å². The number of hydrogen-bond acceptors (Lipinski definition) is 3. The first kappa shape index (κ1) is 21.4. The number of aryl methyl sites for hydroxylation is 1. The van der Waals surface area contributed by atoms with Crippen molar-refractivity contribution in [2.75, 3.05) is 13.1 Å². The Morgan fingerprint density at radius 3 is 2.62 bits per heavy atom. The van der Waals surface area contributed by atoms with Crippen molar-refractivity contribution < 1.29 is 22.0 Å². The molecule has 5 nitrogen and oxygen atoms in total. The molecule has 1 atom stereocenters. The average Bonchev–Trinajstić information content (AvgIpc) is 2.67. The Labute approximate surface area is 169 Å². The largest absolute Gasteiger partial charge is 0.352 e. The van der Waals surface area contributed by atoms with Gasteiger partial charge in [0.1, 0.15) is 16.5 Å². The number of hydrogen-bond donors (Lipinski definition) is 1. The van der Waals surface area contributed by atoms with E-state index in [0.717, 1.165) is 27.6 Å².